The number of aromatic carboxylic acids is 2. The third-order valence-electron chi connectivity index (χ3n) is 14.2. The second-order valence-corrected chi connectivity index (χ2v) is 21.5. The molecule has 2 aliphatic heterocycles. The predicted molar refractivity (Wildman–Crippen MR) is 277 cm³/mol. The molecule has 8 aromatic rings. The molecule has 0 bridgehead atoms. The number of aromatic nitrogens is 3. The molecule has 72 heavy (non-hydrogen) atoms. The molecule has 0 spiro atoms. The van der Waals surface area contributed by atoms with E-state index < -0.39 is 11.9 Å². The first kappa shape index (κ1) is 46.9. The van der Waals surface area contributed by atoms with E-state index in [9.17, 15) is 19.8 Å². The van der Waals surface area contributed by atoms with Crippen molar-refractivity contribution in [3.8, 4) is 28.3 Å². The number of carboxylic acids is 2. The zero-order valence-corrected chi connectivity index (χ0v) is 42.1. The van der Waals surface area contributed by atoms with Crippen LogP contribution in [0.5, 0.6) is 5.75 Å². The summed E-state index contributed by atoms with van der Waals surface area (Å²) in [5, 5.41) is 30.7. The van der Waals surface area contributed by atoms with Crippen LogP contribution in [-0.2, 0) is 31.0 Å². The predicted octanol–water partition coefficient (Wildman–Crippen LogP) is 14.0. The number of nitrogens with zero attached hydrogens (tertiary/aromatic N) is 5. The normalized spacial score (nSPS) is 17.7. The monoisotopic (exact) mass is 1060 g/mol. The lowest BCUT2D eigenvalue weighted by molar-refractivity contribution is 0.0246. The third kappa shape index (κ3) is 9.07. The molecule has 1 saturated heterocycles. The average Bonchev–Trinajstić information content (AvgIpc) is 4.16. The Morgan fingerprint density at radius 2 is 1.35 bits per heavy atom. The van der Waals surface area contributed by atoms with Crippen molar-refractivity contribution in [2.24, 2.45) is 0 Å². The molecule has 2 unspecified atom stereocenters. The van der Waals surface area contributed by atoms with Gasteiger partial charge in [0.2, 0.25) is 0 Å². The van der Waals surface area contributed by atoms with Gasteiger partial charge in [0.1, 0.15) is 35.3 Å². The van der Waals surface area contributed by atoms with E-state index in [1.165, 1.54) is 11.3 Å². The van der Waals surface area contributed by atoms with Gasteiger partial charge in [-0.15, -0.1) is 0 Å². The minimum absolute atomic E-state index is 0.00496. The maximum atomic E-state index is 11.6. The zero-order chi connectivity index (χ0) is 49.4. The standard InChI is InChI=1S/C54H43Cl4N5O8S/c55-40-5-2-6-41(56)46(40)49-39(26-69-35-11-9-30-23-63(24-32(30)18-35)54-59-44-12-10-29(53(66)67)21-45(44)72-54)51(71-61-49)37-22-36(37)31-19-42(57)47(43(58)20-31)48-38(50(70-60-48)27-7-8-27)25-68-34-13-15-62(16-14-34)33-4-1-3-28(17-33)52(64)65/h1-6,9-12,17-21,27,34,36-37H,7-8,13-16,22-26H2,(H,64,65)(H,66,67). The molecule has 0 amide bonds. The van der Waals surface area contributed by atoms with Crippen molar-refractivity contribution in [2.45, 2.75) is 82.3 Å². The van der Waals surface area contributed by atoms with Gasteiger partial charge in [0, 0.05) is 60.4 Å². The molecule has 2 aliphatic carbocycles. The number of hydrogen-bond acceptors (Lipinski definition) is 12. The zero-order valence-electron chi connectivity index (χ0n) is 38.2. The van der Waals surface area contributed by atoms with E-state index in [2.05, 4.69) is 26.2 Å². The van der Waals surface area contributed by atoms with E-state index in [1.807, 2.05) is 30.3 Å². The molecule has 4 aliphatic rings. The summed E-state index contributed by atoms with van der Waals surface area (Å²) in [6.07, 6.45) is 4.33. The van der Waals surface area contributed by atoms with Gasteiger partial charge in [-0.1, -0.05) is 86.3 Å². The van der Waals surface area contributed by atoms with Crippen molar-refractivity contribution in [2.75, 3.05) is 22.9 Å². The van der Waals surface area contributed by atoms with E-state index in [1.54, 1.807) is 54.6 Å². The Labute approximate surface area is 436 Å². The van der Waals surface area contributed by atoms with Crippen molar-refractivity contribution in [1.82, 2.24) is 15.3 Å². The highest BCUT2D eigenvalue weighted by molar-refractivity contribution is 7.22. The topological polar surface area (TPSA) is 164 Å². The molecule has 2 saturated carbocycles. The molecule has 3 aromatic heterocycles. The highest BCUT2D eigenvalue weighted by Crippen LogP contribution is 2.58. The molecule has 12 rings (SSSR count). The molecule has 2 N–H and O–H groups in total. The van der Waals surface area contributed by atoms with Crippen molar-refractivity contribution >= 4 is 90.7 Å². The fourth-order valence-corrected chi connectivity index (χ4v) is 12.4. The van der Waals surface area contributed by atoms with Crippen LogP contribution in [0.4, 0.5) is 10.8 Å². The molecule has 13 nitrogen and oxygen atoms in total. The van der Waals surface area contributed by atoms with Crippen molar-refractivity contribution in [3.63, 3.8) is 0 Å². The molecule has 5 heterocycles. The first-order chi connectivity index (χ1) is 34.9. The smallest absolute Gasteiger partial charge is 0.335 e. The summed E-state index contributed by atoms with van der Waals surface area (Å²) in [6.45, 7) is 3.18. The SMILES string of the molecule is O=C(O)c1cccc(N2CCC(OCc3c(-c4c(Cl)cc(C5CC5c5onc(-c6c(Cl)cccc6Cl)c5COc5ccc6c(c5)CN(c5nc7ccc(C(=O)O)cc7s5)C6)cc4Cl)noc3C3CC3)CC2)c1. The number of carboxylic acid groups (broad SMARTS) is 2. The van der Waals surface area contributed by atoms with E-state index in [-0.39, 0.29) is 41.6 Å². The lowest BCUT2D eigenvalue weighted by atomic mass is 9.99. The molecular formula is C54H43Cl4N5O8S. The number of halogens is 4. The Balaban J connectivity index is 0.760. The summed E-state index contributed by atoms with van der Waals surface area (Å²) >= 11 is 29.4. The fourth-order valence-electron chi connectivity index (χ4n) is 10.1. The third-order valence-corrected chi connectivity index (χ3v) is 16.5. The molecule has 366 valence electrons. The van der Waals surface area contributed by atoms with Gasteiger partial charge in [-0.25, -0.2) is 14.6 Å². The number of fused-ring (bicyclic) bond motifs is 2. The summed E-state index contributed by atoms with van der Waals surface area (Å²) in [5.74, 6) is 0.454. The molecule has 5 aromatic carbocycles. The largest absolute Gasteiger partial charge is 0.489 e. The maximum absolute atomic E-state index is 11.6. The van der Waals surface area contributed by atoms with Crippen LogP contribution < -0.4 is 14.5 Å². The van der Waals surface area contributed by atoms with Gasteiger partial charge < -0.3 is 38.5 Å². The first-order valence-corrected chi connectivity index (χ1v) is 26.0. The summed E-state index contributed by atoms with van der Waals surface area (Å²) < 4.78 is 26.2. The van der Waals surface area contributed by atoms with E-state index in [4.69, 9.17) is 69.9 Å². The number of piperidine rings is 1. The van der Waals surface area contributed by atoms with E-state index >= 15 is 0 Å². The maximum Gasteiger partial charge on any atom is 0.335 e. The number of ether oxygens (including phenoxy) is 2. The fraction of sp³-hybridized carbons (Fsp3) is 0.278. The highest BCUT2D eigenvalue weighted by Gasteiger charge is 2.46. The lowest BCUT2D eigenvalue weighted by Crippen LogP contribution is -2.37. The number of benzene rings is 5. The summed E-state index contributed by atoms with van der Waals surface area (Å²) in [5.41, 5.74) is 9.20. The molecule has 18 heteroatoms. The summed E-state index contributed by atoms with van der Waals surface area (Å²) in [6, 6.07) is 27.3. The van der Waals surface area contributed by atoms with Crippen LogP contribution in [0.3, 0.4) is 0 Å². The number of hydrogen-bond donors (Lipinski definition) is 2. The number of anilines is 2. The number of rotatable bonds is 15. The van der Waals surface area contributed by atoms with Gasteiger partial charge in [-0.2, -0.15) is 0 Å². The average molecular weight is 1060 g/mol. The molecular weight excluding hydrogens is 1020 g/mol. The number of thiazole rings is 1. The van der Waals surface area contributed by atoms with Crippen molar-refractivity contribution < 1.29 is 38.3 Å². The summed E-state index contributed by atoms with van der Waals surface area (Å²) in [7, 11) is 0. The van der Waals surface area contributed by atoms with Gasteiger partial charge in [0.15, 0.2) is 5.13 Å². The molecule has 2 atom stereocenters. The molecule has 3 fully saturated rings. The van der Waals surface area contributed by atoms with Gasteiger partial charge in [-0.3, -0.25) is 0 Å². The second-order valence-electron chi connectivity index (χ2n) is 18.8. The van der Waals surface area contributed by atoms with Gasteiger partial charge in [0.05, 0.1) is 59.7 Å². The quantitative estimate of drug-likeness (QED) is 0.0997. The Bertz CT molecular complexity index is 3410. The van der Waals surface area contributed by atoms with Crippen LogP contribution in [0.1, 0.15) is 110 Å². The lowest BCUT2D eigenvalue weighted by Gasteiger charge is -2.33. The summed E-state index contributed by atoms with van der Waals surface area (Å²) in [4.78, 5) is 32.3. The van der Waals surface area contributed by atoms with Crippen LogP contribution in [0.25, 0.3) is 32.7 Å². The van der Waals surface area contributed by atoms with Gasteiger partial charge in [0.25, 0.3) is 0 Å². The Kier molecular flexibility index (Phi) is 12.4. The number of carbonyl (C=O) groups is 2. The highest BCUT2D eigenvalue weighted by atomic mass is 35.5. The van der Waals surface area contributed by atoms with Crippen LogP contribution >= 0.6 is 57.7 Å². The van der Waals surface area contributed by atoms with Crippen molar-refractivity contribution in [3.05, 3.63) is 162 Å². The minimum atomic E-state index is -0.968. The van der Waals surface area contributed by atoms with E-state index in [0.717, 1.165) is 99.8 Å². The molecule has 0 radical (unpaired) electrons. The second kappa shape index (κ2) is 19.0. The van der Waals surface area contributed by atoms with Crippen LogP contribution in [0.15, 0.2) is 100 Å². The van der Waals surface area contributed by atoms with E-state index in [0.29, 0.717) is 73.8 Å². The van der Waals surface area contributed by atoms with Crippen LogP contribution in [0, 0.1) is 0 Å². The van der Waals surface area contributed by atoms with Gasteiger partial charge >= 0.3 is 11.9 Å². The Hall–Kier alpha value is -6.13. The Morgan fingerprint density at radius 3 is 2.07 bits per heavy atom. The minimum Gasteiger partial charge on any atom is -0.489 e. The van der Waals surface area contributed by atoms with Gasteiger partial charge in [-0.05, 0) is 128 Å². The van der Waals surface area contributed by atoms with Crippen LogP contribution in [-0.4, -0.2) is 56.6 Å². The van der Waals surface area contributed by atoms with Crippen LogP contribution in [0.2, 0.25) is 20.1 Å². The first-order valence-electron chi connectivity index (χ1n) is 23.7. The van der Waals surface area contributed by atoms with Crippen molar-refractivity contribution in [1.29, 1.82) is 0 Å². The Morgan fingerprint density at radius 1 is 0.681 bits per heavy atom.